The number of hydrogen-bond donors (Lipinski definition) is 1. The Morgan fingerprint density at radius 3 is 2.78 bits per heavy atom. The Morgan fingerprint density at radius 2 is 2.11 bits per heavy atom. The predicted octanol–water partition coefficient (Wildman–Crippen LogP) is 0.0479. The van der Waals surface area contributed by atoms with Crippen LogP contribution in [0.25, 0.3) is 0 Å². The number of nitrogens with zero attached hydrogens (tertiary/aromatic N) is 4. The molecule has 1 aliphatic carbocycles. The van der Waals surface area contributed by atoms with Crippen molar-refractivity contribution in [3.05, 3.63) is 18.2 Å². The van der Waals surface area contributed by atoms with Gasteiger partial charge in [0.25, 0.3) is 0 Å². The average molecular weight is 379 g/mol. The van der Waals surface area contributed by atoms with E-state index < -0.39 is 5.82 Å². The van der Waals surface area contributed by atoms with Crippen molar-refractivity contribution in [2.75, 3.05) is 57.9 Å². The highest BCUT2D eigenvalue weighted by atomic mass is 19.1. The van der Waals surface area contributed by atoms with E-state index >= 15 is 0 Å². The molecule has 2 saturated heterocycles. The summed E-state index contributed by atoms with van der Waals surface area (Å²) in [6.45, 7) is 4.33. The minimum Gasteiger partial charge on any atom is -0.383 e. The number of carbonyl (C=O) groups excluding carboxylic acids is 1. The van der Waals surface area contributed by atoms with Crippen LogP contribution in [-0.2, 0) is 14.3 Å². The fourth-order valence-corrected chi connectivity index (χ4v) is 3.80. The summed E-state index contributed by atoms with van der Waals surface area (Å²) in [7, 11) is 1.62. The van der Waals surface area contributed by atoms with Gasteiger partial charge < -0.3 is 19.7 Å². The van der Waals surface area contributed by atoms with Gasteiger partial charge in [-0.2, -0.15) is 0 Å². The molecular weight excluding hydrogens is 353 g/mol. The van der Waals surface area contributed by atoms with Crippen LogP contribution in [0.15, 0.2) is 12.4 Å². The zero-order valence-electron chi connectivity index (χ0n) is 15.6. The van der Waals surface area contributed by atoms with Crippen molar-refractivity contribution < 1.29 is 18.7 Å². The van der Waals surface area contributed by atoms with Crippen LogP contribution < -0.4 is 10.2 Å². The van der Waals surface area contributed by atoms with E-state index in [-0.39, 0.29) is 17.6 Å². The third-order valence-electron chi connectivity index (χ3n) is 5.42. The first-order chi connectivity index (χ1) is 13.1. The Morgan fingerprint density at radius 1 is 1.37 bits per heavy atom. The molecule has 0 radical (unpaired) electrons. The highest BCUT2D eigenvalue weighted by Crippen LogP contribution is 2.36. The third-order valence-corrected chi connectivity index (χ3v) is 5.42. The van der Waals surface area contributed by atoms with E-state index in [1.54, 1.807) is 7.11 Å². The lowest BCUT2D eigenvalue weighted by Gasteiger charge is -2.55. The van der Waals surface area contributed by atoms with Crippen LogP contribution in [0.2, 0.25) is 0 Å². The summed E-state index contributed by atoms with van der Waals surface area (Å²) in [5, 5.41) is 2.93. The molecule has 1 N–H and O–H groups in total. The summed E-state index contributed by atoms with van der Waals surface area (Å²) in [5.74, 6) is 0.756. The molecule has 9 heteroatoms. The molecule has 8 nitrogen and oxygen atoms in total. The second kappa shape index (κ2) is 7.65. The van der Waals surface area contributed by atoms with Gasteiger partial charge in [0.1, 0.15) is 11.6 Å². The molecule has 1 amide bonds. The highest BCUT2D eigenvalue weighted by molar-refractivity contribution is 5.82. The molecule has 3 heterocycles. The smallest absolute Gasteiger partial charge is 0.239 e. The first-order valence-electron chi connectivity index (χ1n) is 9.46. The van der Waals surface area contributed by atoms with Gasteiger partial charge in [-0.05, 0) is 18.8 Å². The molecule has 1 spiro atoms. The molecule has 1 atom stereocenters. The van der Waals surface area contributed by atoms with E-state index in [1.807, 2.05) is 4.90 Å². The van der Waals surface area contributed by atoms with E-state index in [2.05, 4.69) is 20.2 Å². The molecule has 1 saturated carbocycles. The van der Waals surface area contributed by atoms with Crippen molar-refractivity contribution in [3.8, 4) is 0 Å². The van der Waals surface area contributed by atoms with Crippen LogP contribution in [0.5, 0.6) is 0 Å². The van der Waals surface area contributed by atoms with Gasteiger partial charge in [-0.1, -0.05) is 0 Å². The van der Waals surface area contributed by atoms with Crippen LogP contribution in [0.4, 0.5) is 10.3 Å². The fourth-order valence-electron chi connectivity index (χ4n) is 3.80. The van der Waals surface area contributed by atoms with Gasteiger partial charge in [0.05, 0.1) is 38.7 Å². The zero-order valence-corrected chi connectivity index (χ0v) is 15.6. The van der Waals surface area contributed by atoms with Crippen molar-refractivity contribution in [1.29, 1.82) is 0 Å². The zero-order chi connectivity index (χ0) is 18.9. The molecule has 4 rings (SSSR count). The summed E-state index contributed by atoms with van der Waals surface area (Å²) >= 11 is 0. The van der Waals surface area contributed by atoms with Gasteiger partial charge in [-0.15, -0.1) is 0 Å². The number of ether oxygens (including phenoxy) is 2. The van der Waals surface area contributed by atoms with E-state index in [9.17, 15) is 9.18 Å². The van der Waals surface area contributed by atoms with Gasteiger partial charge in [-0.3, -0.25) is 9.69 Å². The Bertz CT molecular complexity index is 663. The van der Waals surface area contributed by atoms with E-state index in [4.69, 9.17) is 9.47 Å². The number of halogens is 1. The normalized spacial score (nSPS) is 24.7. The van der Waals surface area contributed by atoms with Gasteiger partial charge in [-0.25, -0.2) is 14.4 Å². The van der Waals surface area contributed by atoms with Crippen molar-refractivity contribution in [2.45, 2.75) is 24.5 Å². The number of carbonyl (C=O) groups is 1. The van der Waals surface area contributed by atoms with Crippen LogP contribution in [-0.4, -0.2) is 85.5 Å². The lowest BCUT2D eigenvalue weighted by atomic mass is 9.90. The molecule has 0 unspecified atom stereocenters. The molecule has 1 aromatic rings. The van der Waals surface area contributed by atoms with Crippen LogP contribution in [0.3, 0.4) is 0 Å². The number of rotatable bonds is 7. The Kier molecular flexibility index (Phi) is 5.25. The predicted molar refractivity (Wildman–Crippen MR) is 95.9 cm³/mol. The summed E-state index contributed by atoms with van der Waals surface area (Å²) in [5.41, 5.74) is -0.310. The van der Waals surface area contributed by atoms with Gasteiger partial charge >= 0.3 is 0 Å². The maximum absolute atomic E-state index is 13.0. The van der Waals surface area contributed by atoms with E-state index in [0.29, 0.717) is 51.3 Å². The van der Waals surface area contributed by atoms with Crippen molar-refractivity contribution >= 4 is 11.9 Å². The monoisotopic (exact) mass is 379 g/mol. The van der Waals surface area contributed by atoms with Crippen molar-refractivity contribution in [2.24, 2.45) is 5.92 Å². The van der Waals surface area contributed by atoms with Crippen molar-refractivity contribution in [1.82, 2.24) is 20.2 Å². The average Bonchev–Trinajstić information content (AvgIpc) is 3.44. The Hall–Kier alpha value is -1.84. The minimum absolute atomic E-state index is 0.000553. The van der Waals surface area contributed by atoms with Crippen LogP contribution in [0.1, 0.15) is 12.8 Å². The number of aromatic nitrogens is 2. The number of hydrogen-bond acceptors (Lipinski definition) is 7. The standard InChI is InChI=1S/C18H26FN5O3/c1-26-5-4-20-16(25)15-9-27-18(10-23(15)8-13-2-3-13)11-24(12-18)17-21-6-14(19)7-22-17/h6-7,13,15H,2-5,8-12H2,1H3,(H,20,25)/t15-/m1/s1. The number of nitrogens with one attached hydrogen (secondary N) is 1. The second-order valence-electron chi connectivity index (χ2n) is 7.72. The van der Waals surface area contributed by atoms with E-state index in [1.165, 1.54) is 25.2 Å². The maximum atomic E-state index is 13.0. The van der Waals surface area contributed by atoms with Gasteiger partial charge in [0, 0.05) is 26.7 Å². The highest BCUT2D eigenvalue weighted by Gasteiger charge is 2.51. The summed E-state index contributed by atoms with van der Waals surface area (Å²) in [6.07, 6.45) is 4.82. The number of amides is 1. The molecule has 3 fully saturated rings. The maximum Gasteiger partial charge on any atom is 0.239 e. The molecule has 27 heavy (non-hydrogen) atoms. The summed E-state index contributed by atoms with van der Waals surface area (Å²) < 4.78 is 24.2. The molecule has 0 bridgehead atoms. The minimum atomic E-state index is -0.444. The molecular formula is C18H26FN5O3. The Labute approximate surface area is 158 Å². The first-order valence-corrected chi connectivity index (χ1v) is 9.46. The quantitative estimate of drug-likeness (QED) is 0.671. The second-order valence-corrected chi connectivity index (χ2v) is 7.72. The van der Waals surface area contributed by atoms with E-state index in [0.717, 1.165) is 6.54 Å². The lowest BCUT2D eigenvalue weighted by Crippen LogP contribution is -2.73. The number of morpholine rings is 1. The fraction of sp³-hybridized carbons (Fsp3) is 0.722. The molecule has 3 aliphatic rings. The molecule has 148 valence electrons. The number of methoxy groups -OCH3 is 1. The van der Waals surface area contributed by atoms with Crippen LogP contribution >= 0.6 is 0 Å². The summed E-state index contributed by atoms with van der Waals surface area (Å²) in [4.78, 5) is 24.9. The summed E-state index contributed by atoms with van der Waals surface area (Å²) in [6, 6.07) is -0.260. The van der Waals surface area contributed by atoms with Crippen LogP contribution in [0, 0.1) is 11.7 Å². The van der Waals surface area contributed by atoms with Crippen molar-refractivity contribution in [3.63, 3.8) is 0 Å². The SMILES string of the molecule is COCCNC(=O)[C@H]1COC2(CN(c3ncc(F)cn3)C2)CN1CC1CC1. The van der Waals surface area contributed by atoms with Gasteiger partial charge in [0.2, 0.25) is 11.9 Å². The third kappa shape index (κ3) is 4.20. The topological polar surface area (TPSA) is 79.8 Å². The molecule has 1 aromatic heterocycles. The Balaban J connectivity index is 1.37. The largest absolute Gasteiger partial charge is 0.383 e. The first kappa shape index (κ1) is 18.5. The molecule has 2 aliphatic heterocycles. The number of anilines is 1. The lowest BCUT2D eigenvalue weighted by molar-refractivity contribution is -0.162. The van der Waals surface area contributed by atoms with Gasteiger partial charge in [0.15, 0.2) is 5.82 Å². The molecule has 0 aromatic carbocycles.